The first-order chi connectivity index (χ1) is 10.2. The molecule has 0 atom stereocenters. The average Bonchev–Trinajstić information content (AvgIpc) is 2.48. The van der Waals surface area contributed by atoms with Gasteiger partial charge in [0.2, 0.25) is 0 Å². The molecular weight excluding hydrogens is 272 g/mol. The number of aryl methyl sites for hydroxylation is 1. The predicted octanol–water partition coefficient (Wildman–Crippen LogP) is 1.08. The summed E-state index contributed by atoms with van der Waals surface area (Å²) in [5, 5.41) is 20.4. The van der Waals surface area contributed by atoms with Crippen molar-refractivity contribution in [3.8, 4) is 0 Å². The van der Waals surface area contributed by atoms with Crippen molar-refractivity contribution in [1.29, 1.82) is 0 Å². The van der Waals surface area contributed by atoms with E-state index in [1.807, 2.05) is 29.2 Å². The average molecular weight is 296 g/mol. The van der Waals surface area contributed by atoms with Gasteiger partial charge >= 0.3 is 6.09 Å². The number of carbonyl (C=O) groups is 1. The molecule has 0 spiro atoms. The maximum atomic E-state index is 11.6. The lowest BCUT2D eigenvalue weighted by Gasteiger charge is -2.19. The third-order valence-electron chi connectivity index (χ3n) is 3.08. The second kappa shape index (κ2) is 10.1. The number of hydrogen-bond donors (Lipinski definition) is 3. The van der Waals surface area contributed by atoms with Crippen LogP contribution in [0.5, 0.6) is 0 Å². The van der Waals surface area contributed by atoms with Gasteiger partial charge in [-0.3, -0.25) is 10.2 Å². The predicted molar refractivity (Wildman–Crippen MR) is 81.4 cm³/mol. The lowest BCUT2D eigenvalue weighted by molar-refractivity contribution is 0.117. The number of carbonyl (C=O) groups excluding carboxylic acids is 1. The van der Waals surface area contributed by atoms with Gasteiger partial charge in [0, 0.05) is 25.3 Å². The van der Waals surface area contributed by atoms with Gasteiger partial charge in [0.25, 0.3) is 0 Å². The maximum Gasteiger partial charge on any atom is 0.411 e. The van der Waals surface area contributed by atoms with E-state index < -0.39 is 6.09 Å². The highest BCUT2D eigenvalue weighted by atomic mass is 16.5. The Balaban J connectivity index is 2.29. The van der Waals surface area contributed by atoms with Crippen molar-refractivity contribution in [2.24, 2.45) is 0 Å². The van der Waals surface area contributed by atoms with Crippen LogP contribution in [0.2, 0.25) is 0 Å². The van der Waals surface area contributed by atoms with Crippen LogP contribution >= 0.6 is 0 Å². The van der Waals surface area contributed by atoms with Crippen LogP contribution in [0.25, 0.3) is 0 Å². The fourth-order valence-corrected chi connectivity index (χ4v) is 1.86. The molecule has 3 N–H and O–H groups in total. The normalized spacial score (nSPS) is 10.7. The molecule has 0 aliphatic rings. The number of amides is 1. The van der Waals surface area contributed by atoms with Gasteiger partial charge in [-0.1, -0.05) is 19.1 Å². The number of nitrogens with zero attached hydrogens (tertiary/aromatic N) is 1. The summed E-state index contributed by atoms with van der Waals surface area (Å²) >= 11 is 0. The summed E-state index contributed by atoms with van der Waals surface area (Å²) in [7, 11) is 0. The Bertz CT molecular complexity index is 403. The number of ether oxygens (including phenoxy) is 1. The lowest BCUT2D eigenvalue weighted by atomic mass is 10.1. The fourth-order valence-electron chi connectivity index (χ4n) is 1.86. The molecule has 0 bridgehead atoms. The minimum absolute atomic E-state index is 0.00989. The molecule has 0 aliphatic carbocycles. The summed E-state index contributed by atoms with van der Waals surface area (Å²) in [4.78, 5) is 13.4. The summed E-state index contributed by atoms with van der Waals surface area (Å²) < 4.78 is 5.07. The van der Waals surface area contributed by atoms with E-state index in [1.165, 1.54) is 5.56 Å². The topological polar surface area (TPSA) is 82.0 Å². The Morgan fingerprint density at radius 3 is 2.29 bits per heavy atom. The molecule has 6 heteroatoms. The van der Waals surface area contributed by atoms with E-state index in [-0.39, 0.29) is 19.8 Å². The summed E-state index contributed by atoms with van der Waals surface area (Å²) in [5.41, 5.74) is 1.90. The van der Waals surface area contributed by atoms with Crippen LogP contribution in [0.3, 0.4) is 0 Å². The van der Waals surface area contributed by atoms with Gasteiger partial charge < -0.3 is 14.9 Å². The van der Waals surface area contributed by atoms with Gasteiger partial charge in [-0.25, -0.2) is 4.79 Å². The highest BCUT2D eigenvalue weighted by Crippen LogP contribution is 2.10. The highest BCUT2D eigenvalue weighted by molar-refractivity contribution is 5.84. The van der Waals surface area contributed by atoms with E-state index in [0.717, 1.165) is 6.42 Å². The number of nitrogens with one attached hydrogen (secondary N) is 1. The molecule has 0 radical (unpaired) electrons. The molecule has 6 nitrogen and oxygen atoms in total. The number of rotatable bonds is 9. The molecular formula is C15H24N2O4. The summed E-state index contributed by atoms with van der Waals surface area (Å²) in [6.45, 7) is 3.67. The first kappa shape index (κ1) is 17.4. The molecule has 1 rings (SSSR count). The van der Waals surface area contributed by atoms with Crippen molar-refractivity contribution < 1.29 is 19.7 Å². The molecule has 0 aliphatic heterocycles. The van der Waals surface area contributed by atoms with Crippen LogP contribution in [-0.2, 0) is 11.2 Å². The van der Waals surface area contributed by atoms with E-state index in [2.05, 4.69) is 12.2 Å². The SMILES string of the molecule is CCc1ccc(NC(=O)OCCN(CCO)CCO)cc1. The van der Waals surface area contributed by atoms with Gasteiger partial charge in [0.1, 0.15) is 6.61 Å². The van der Waals surface area contributed by atoms with Gasteiger partial charge in [-0.15, -0.1) is 0 Å². The van der Waals surface area contributed by atoms with Crippen molar-refractivity contribution in [2.45, 2.75) is 13.3 Å². The second-order valence-corrected chi connectivity index (χ2v) is 4.60. The molecule has 0 heterocycles. The van der Waals surface area contributed by atoms with E-state index in [0.29, 0.717) is 25.3 Å². The van der Waals surface area contributed by atoms with Crippen molar-refractivity contribution in [1.82, 2.24) is 4.90 Å². The quantitative estimate of drug-likeness (QED) is 0.635. The molecule has 1 amide bonds. The minimum atomic E-state index is -0.507. The van der Waals surface area contributed by atoms with Crippen molar-refractivity contribution in [3.63, 3.8) is 0 Å². The molecule has 0 saturated heterocycles. The van der Waals surface area contributed by atoms with Gasteiger partial charge in [-0.05, 0) is 24.1 Å². The third-order valence-corrected chi connectivity index (χ3v) is 3.08. The summed E-state index contributed by atoms with van der Waals surface area (Å²) in [6.07, 6.45) is 0.447. The molecule has 0 unspecified atom stereocenters. The number of hydrogen-bond acceptors (Lipinski definition) is 5. The standard InChI is InChI=1S/C15H24N2O4/c1-2-13-3-5-14(6-4-13)16-15(20)21-12-9-17(7-10-18)8-11-19/h3-6,18-19H,2,7-12H2,1H3,(H,16,20). The van der Waals surface area contributed by atoms with Crippen molar-refractivity contribution in [2.75, 3.05) is 44.8 Å². The summed E-state index contributed by atoms with van der Waals surface area (Å²) in [5.74, 6) is 0. The first-order valence-corrected chi connectivity index (χ1v) is 7.16. The van der Waals surface area contributed by atoms with Crippen LogP contribution in [0.1, 0.15) is 12.5 Å². The van der Waals surface area contributed by atoms with E-state index in [4.69, 9.17) is 14.9 Å². The number of anilines is 1. The zero-order valence-corrected chi connectivity index (χ0v) is 12.4. The van der Waals surface area contributed by atoms with Crippen LogP contribution < -0.4 is 5.32 Å². The van der Waals surface area contributed by atoms with Gasteiger partial charge in [0.05, 0.1) is 13.2 Å². The van der Waals surface area contributed by atoms with E-state index >= 15 is 0 Å². The highest BCUT2D eigenvalue weighted by Gasteiger charge is 2.06. The van der Waals surface area contributed by atoms with Crippen molar-refractivity contribution in [3.05, 3.63) is 29.8 Å². The van der Waals surface area contributed by atoms with Gasteiger partial charge in [-0.2, -0.15) is 0 Å². The van der Waals surface area contributed by atoms with Gasteiger partial charge in [0.15, 0.2) is 0 Å². The molecule has 0 saturated carbocycles. The van der Waals surface area contributed by atoms with E-state index in [9.17, 15) is 4.79 Å². The zero-order chi connectivity index (χ0) is 15.5. The largest absolute Gasteiger partial charge is 0.448 e. The second-order valence-electron chi connectivity index (χ2n) is 4.60. The molecule has 21 heavy (non-hydrogen) atoms. The van der Waals surface area contributed by atoms with Crippen LogP contribution in [-0.4, -0.2) is 60.7 Å². The Kier molecular flexibility index (Phi) is 8.42. The van der Waals surface area contributed by atoms with Crippen LogP contribution in [0, 0.1) is 0 Å². The lowest BCUT2D eigenvalue weighted by Crippen LogP contribution is -2.33. The number of aliphatic hydroxyl groups is 2. The first-order valence-electron chi connectivity index (χ1n) is 7.16. The zero-order valence-electron chi connectivity index (χ0n) is 12.4. The number of benzene rings is 1. The molecule has 1 aromatic rings. The van der Waals surface area contributed by atoms with Crippen LogP contribution in [0.15, 0.2) is 24.3 Å². The Hall–Kier alpha value is -1.63. The van der Waals surface area contributed by atoms with Crippen LogP contribution in [0.4, 0.5) is 10.5 Å². The fraction of sp³-hybridized carbons (Fsp3) is 0.533. The molecule has 1 aromatic carbocycles. The molecule has 0 fully saturated rings. The monoisotopic (exact) mass is 296 g/mol. The Morgan fingerprint density at radius 1 is 1.14 bits per heavy atom. The minimum Gasteiger partial charge on any atom is -0.448 e. The van der Waals surface area contributed by atoms with Crippen molar-refractivity contribution >= 4 is 11.8 Å². The summed E-state index contributed by atoms with van der Waals surface area (Å²) in [6, 6.07) is 7.59. The molecule has 118 valence electrons. The Labute approximate surface area is 125 Å². The third kappa shape index (κ3) is 7.08. The smallest absolute Gasteiger partial charge is 0.411 e. The Morgan fingerprint density at radius 2 is 1.76 bits per heavy atom. The number of aliphatic hydroxyl groups excluding tert-OH is 2. The maximum absolute atomic E-state index is 11.6. The molecule has 0 aromatic heterocycles. The van der Waals surface area contributed by atoms with E-state index in [1.54, 1.807) is 0 Å².